The number of nitro benzene ring substituents is 1. The molecular weight excluding hydrogens is 296 g/mol. The van der Waals surface area contributed by atoms with E-state index in [1.165, 1.54) is 25.1 Å². The number of hydrogen-bond donors (Lipinski definition) is 1. The van der Waals surface area contributed by atoms with E-state index in [0.717, 1.165) is 0 Å². The summed E-state index contributed by atoms with van der Waals surface area (Å²) in [7, 11) is 0. The highest BCUT2D eigenvalue weighted by molar-refractivity contribution is 6.30. The molecule has 0 unspecified atom stereocenters. The predicted octanol–water partition coefficient (Wildman–Crippen LogP) is 4.00. The molecule has 2 aromatic carbocycles. The fourth-order valence-electron chi connectivity index (χ4n) is 1.66. The minimum atomic E-state index is -0.583. The van der Waals surface area contributed by atoms with Crippen LogP contribution in [0.15, 0.2) is 42.5 Å². The second-order valence-electron chi connectivity index (χ2n) is 4.17. The number of carbonyl (C=O) groups is 1. The van der Waals surface area contributed by atoms with Crippen molar-refractivity contribution in [3.63, 3.8) is 0 Å². The van der Waals surface area contributed by atoms with Crippen LogP contribution in [0.4, 0.5) is 11.4 Å². The molecule has 7 heteroatoms. The van der Waals surface area contributed by atoms with Crippen molar-refractivity contribution in [3.8, 4) is 11.5 Å². The fourth-order valence-corrected chi connectivity index (χ4v) is 1.79. The molecule has 21 heavy (non-hydrogen) atoms. The minimum absolute atomic E-state index is 0.121. The zero-order chi connectivity index (χ0) is 15.4. The number of rotatable bonds is 4. The Labute approximate surface area is 125 Å². The van der Waals surface area contributed by atoms with Crippen molar-refractivity contribution in [3.05, 3.63) is 57.6 Å². The Morgan fingerprint density at radius 1 is 1.19 bits per heavy atom. The number of nitrogens with zero attached hydrogens (tertiary/aromatic N) is 1. The van der Waals surface area contributed by atoms with Gasteiger partial charge in [-0.25, -0.2) is 0 Å². The van der Waals surface area contributed by atoms with Gasteiger partial charge in [-0.3, -0.25) is 14.9 Å². The van der Waals surface area contributed by atoms with E-state index in [1.807, 2.05) is 0 Å². The quantitative estimate of drug-likeness (QED) is 0.683. The third-order valence-corrected chi connectivity index (χ3v) is 2.78. The molecule has 0 bridgehead atoms. The lowest BCUT2D eigenvalue weighted by Crippen LogP contribution is -2.08. The van der Waals surface area contributed by atoms with E-state index in [-0.39, 0.29) is 23.0 Å². The molecule has 1 amide bonds. The molecule has 0 heterocycles. The van der Waals surface area contributed by atoms with Crippen molar-refractivity contribution in [2.24, 2.45) is 0 Å². The highest BCUT2D eigenvalue weighted by Crippen LogP contribution is 2.31. The number of anilines is 1. The Kier molecular flexibility index (Phi) is 4.39. The Morgan fingerprint density at radius 3 is 2.38 bits per heavy atom. The standard InChI is InChI=1S/C14H11ClN2O4/c1-9(18)16-13-7-6-12(8-14(13)17(19)20)21-11-4-2-10(15)3-5-11/h2-8H,1H3,(H,16,18). The first-order chi connectivity index (χ1) is 9.95. The van der Waals surface area contributed by atoms with Crippen LogP contribution in [0.3, 0.4) is 0 Å². The number of carbonyl (C=O) groups excluding carboxylic acids is 1. The Bertz CT molecular complexity index is 686. The van der Waals surface area contributed by atoms with Crippen molar-refractivity contribution < 1.29 is 14.5 Å². The van der Waals surface area contributed by atoms with Crippen LogP contribution in [-0.4, -0.2) is 10.8 Å². The summed E-state index contributed by atoms with van der Waals surface area (Å²) in [5, 5.41) is 14.0. The molecule has 0 atom stereocenters. The van der Waals surface area contributed by atoms with E-state index < -0.39 is 4.92 Å². The topological polar surface area (TPSA) is 81.5 Å². The summed E-state index contributed by atoms with van der Waals surface area (Å²) in [6, 6.07) is 10.8. The SMILES string of the molecule is CC(=O)Nc1ccc(Oc2ccc(Cl)cc2)cc1[N+](=O)[O-]. The van der Waals surface area contributed by atoms with E-state index in [1.54, 1.807) is 24.3 Å². The molecule has 0 aromatic heterocycles. The van der Waals surface area contributed by atoms with Gasteiger partial charge in [-0.05, 0) is 36.4 Å². The van der Waals surface area contributed by atoms with Gasteiger partial charge in [0.1, 0.15) is 17.2 Å². The van der Waals surface area contributed by atoms with Gasteiger partial charge >= 0.3 is 0 Å². The van der Waals surface area contributed by atoms with Gasteiger partial charge in [0.05, 0.1) is 11.0 Å². The number of nitro groups is 1. The molecule has 2 aromatic rings. The third-order valence-electron chi connectivity index (χ3n) is 2.53. The summed E-state index contributed by atoms with van der Waals surface area (Å²) in [6.45, 7) is 1.28. The van der Waals surface area contributed by atoms with Crippen molar-refractivity contribution >= 4 is 28.9 Å². The summed E-state index contributed by atoms with van der Waals surface area (Å²) in [5.74, 6) is 0.406. The molecule has 0 radical (unpaired) electrons. The number of nitrogens with one attached hydrogen (secondary N) is 1. The first-order valence-corrected chi connectivity index (χ1v) is 6.33. The van der Waals surface area contributed by atoms with Crippen LogP contribution in [0.1, 0.15) is 6.92 Å². The first-order valence-electron chi connectivity index (χ1n) is 5.95. The van der Waals surface area contributed by atoms with E-state index in [4.69, 9.17) is 16.3 Å². The maximum Gasteiger partial charge on any atom is 0.296 e. The van der Waals surface area contributed by atoms with Gasteiger partial charge in [-0.2, -0.15) is 0 Å². The molecule has 0 fully saturated rings. The van der Waals surface area contributed by atoms with Gasteiger partial charge in [0, 0.05) is 11.9 Å². The molecule has 0 aliphatic heterocycles. The number of hydrogen-bond acceptors (Lipinski definition) is 4. The smallest absolute Gasteiger partial charge is 0.296 e. The molecule has 1 N–H and O–H groups in total. The molecule has 0 saturated carbocycles. The molecule has 108 valence electrons. The van der Waals surface area contributed by atoms with Gasteiger partial charge < -0.3 is 10.1 Å². The number of benzene rings is 2. The van der Waals surface area contributed by atoms with Crippen molar-refractivity contribution in [2.75, 3.05) is 5.32 Å². The maximum absolute atomic E-state index is 11.0. The number of amides is 1. The lowest BCUT2D eigenvalue weighted by atomic mass is 10.2. The normalized spacial score (nSPS) is 10.0. The van der Waals surface area contributed by atoms with E-state index >= 15 is 0 Å². The average molecular weight is 307 g/mol. The van der Waals surface area contributed by atoms with Gasteiger partial charge in [0.2, 0.25) is 5.91 Å². The molecule has 2 rings (SSSR count). The molecule has 0 aliphatic rings. The van der Waals surface area contributed by atoms with Crippen molar-refractivity contribution in [1.29, 1.82) is 0 Å². The minimum Gasteiger partial charge on any atom is -0.457 e. The first kappa shape index (κ1) is 14.8. The molecular formula is C14H11ClN2O4. The summed E-state index contributed by atoms with van der Waals surface area (Å²) in [6.07, 6.45) is 0. The van der Waals surface area contributed by atoms with Crippen LogP contribution in [-0.2, 0) is 4.79 Å². The zero-order valence-electron chi connectivity index (χ0n) is 11.0. The zero-order valence-corrected chi connectivity index (χ0v) is 11.8. The van der Waals surface area contributed by atoms with Crippen LogP contribution in [0, 0.1) is 10.1 Å². The largest absolute Gasteiger partial charge is 0.457 e. The van der Waals surface area contributed by atoms with Crippen molar-refractivity contribution in [2.45, 2.75) is 6.92 Å². The second-order valence-corrected chi connectivity index (χ2v) is 4.61. The fraction of sp³-hybridized carbons (Fsp3) is 0.0714. The average Bonchev–Trinajstić information content (AvgIpc) is 2.42. The van der Waals surface area contributed by atoms with E-state index in [2.05, 4.69) is 5.32 Å². The van der Waals surface area contributed by atoms with E-state index in [0.29, 0.717) is 10.8 Å². The number of ether oxygens (including phenoxy) is 1. The van der Waals surface area contributed by atoms with Crippen LogP contribution in [0.5, 0.6) is 11.5 Å². The summed E-state index contributed by atoms with van der Waals surface area (Å²) in [4.78, 5) is 21.5. The highest BCUT2D eigenvalue weighted by atomic mass is 35.5. The van der Waals surface area contributed by atoms with Crippen LogP contribution in [0.25, 0.3) is 0 Å². The van der Waals surface area contributed by atoms with Crippen molar-refractivity contribution in [1.82, 2.24) is 0 Å². The Balaban J connectivity index is 2.29. The molecule has 0 spiro atoms. The predicted molar refractivity (Wildman–Crippen MR) is 78.9 cm³/mol. The van der Waals surface area contributed by atoms with Crippen LogP contribution < -0.4 is 10.1 Å². The van der Waals surface area contributed by atoms with Crippen LogP contribution >= 0.6 is 11.6 Å². The highest BCUT2D eigenvalue weighted by Gasteiger charge is 2.16. The monoisotopic (exact) mass is 306 g/mol. The Hall–Kier alpha value is -2.60. The Morgan fingerprint density at radius 2 is 1.81 bits per heavy atom. The van der Waals surface area contributed by atoms with Gasteiger partial charge in [0.25, 0.3) is 5.69 Å². The number of halogens is 1. The van der Waals surface area contributed by atoms with Gasteiger partial charge in [-0.1, -0.05) is 11.6 Å². The molecule has 0 aliphatic carbocycles. The summed E-state index contributed by atoms with van der Waals surface area (Å²) >= 11 is 5.77. The summed E-state index contributed by atoms with van der Waals surface area (Å²) in [5.41, 5.74) is -0.118. The third kappa shape index (κ3) is 3.93. The van der Waals surface area contributed by atoms with Gasteiger partial charge in [0.15, 0.2) is 0 Å². The lowest BCUT2D eigenvalue weighted by molar-refractivity contribution is -0.384. The van der Waals surface area contributed by atoms with Crippen LogP contribution in [0.2, 0.25) is 5.02 Å². The maximum atomic E-state index is 11.0. The summed E-state index contributed by atoms with van der Waals surface area (Å²) < 4.78 is 5.51. The molecule has 0 saturated heterocycles. The van der Waals surface area contributed by atoms with E-state index in [9.17, 15) is 14.9 Å². The molecule has 6 nitrogen and oxygen atoms in total. The van der Waals surface area contributed by atoms with Gasteiger partial charge in [-0.15, -0.1) is 0 Å². The lowest BCUT2D eigenvalue weighted by Gasteiger charge is -2.08. The second kappa shape index (κ2) is 6.23.